The Bertz CT molecular complexity index is 320. The molecule has 0 saturated carbocycles. The van der Waals surface area contributed by atoms with Crippen LogP contribution in [0.2, 0.25) is 0 Å². The molecule has 0 aromatic rings. The number of phosphoric acid groups is 1. The molecule has 0 amide bonds. The lowest BCUT2D eigenvalue weighted by Crippen LogP contribution is -2.10. The molecule has 1 rings (SSSR count). The minimum atomic E-state index is -3.85. The molecule has 0 spiro atoms. The Morgan fingerprint density at radius 3 is 2.30 bits per heavy atom. The van der Waals surface area contributed by atoms with Crippen LogP contribution in [0, 0.1) is 5.92 Å². The van der Waals surface area contributed by atoms with Gasteiger partial charge in [0.2, 0.25) is 0 Å². The van der Waals surface area contributed by atoms with E-state index in [1.807, 2.05) is 0 Å². The fraction of sp³-hybridized carbons (Fsp3) is 1.00. The van der Waals surface area contributed by atoms with Crippen LogP contribution in [0.5, 0.6) is 0 Å². The van der Waals surface area contributed by atoms with Crippen LogP contribution in [0.15, 0.2) is 0 Å². The Kier molecular flexibility index (Phi) is 12.3. The minimum absolute atomic E-state index is 0.329. The average Bonchev–Trinajstić information content (AvgIpc) is 2.52. The van der Waals surface area contributed by atoms with Gasteiger partial charge in [0.25, 0.3) is 0 Å². The summed E-state index contributed by atoms with van der Waals surface area (Å²) in [6.07, 6.45) is 16.7. The molecule has 23 heavy (non-hydrogen) atoms. The van der Waals surface area contributed by atoms with Crippen molar-refractivity contribution in [2.24, 2.45) is 5.92 Å². The summed E-state index contributed by atoms with van der Waals surface area (Å²) in [4.78, 5) is 9.75. The third kappa shape index (κ3) is 12.2. The van der Waals surface area contributed by atoms with Crippen LogP contribution in [0.4, 0.5) is 0 Å². The lowest BCUT2D eigenvalue weighted by Gasteiger charge is -2.19. The van der Waals surface area contributed by atoms with Crippen molar-refractivity contribution in [3.05, 3.63) is 0 Å². The van der Waals surface area contributed by atoms with E-state index in [1.54, 1.807) is 0 Å². The lowest BCUT2D eigenvalue weighted by molar-refractivity contribution is 0.123. The zero-order chi connectivity index (χ0) is 16.8. The van der Waals surface area contributed by atoms with E-state index in [9.17, 15) is 9.46 Å². The van der Waals surface area contributed by atoms with E-state index in [0.29, 0.717) is 19.1 Å². The Labute approximate surface area is 143 Å². The summed E-state index contributed by atoms with van der Waals surface area (Å²) >= 11 is 0. The smallest absolute Gasteiger partial charge is 0.302 e. The van der Waals surface area contributed by atoms with Gasteiger partial charge in [-0.3, -0.25) is 9.05 Å². The number of hydrogen-bond acceptors (Lipinski definition) is 3. The third-order valence-electron chi connectivity index (χ3n) is 4.70. The molecule has 1 aliphatic heterocycles. The van der Waals surface area contributed by atoms with E-state index in [0.717, 1.165) is 25.7 Å². The van der Waals surface area contributed by atoms with E-state index in [2.05, 4.69) is 6.92 Å². The van der Waals surface area contributed by atoms with E-state index < -0.39 is 7.82 Å². The van der Waals surface area contributed by atoms with Crippen LogP contribution >= 0.6 is 7.82 Å². The molecule has 0 bridgehead atoms. The first-order valence-electron chi connectivity index (χ1n) is 9.76. The first-order valence-corrected chi connectivity index (χ1v) is 11.3. The maximum Gasteiger partial charge on any atom is 0.472 e. The van der Waals surface area contributed by atoms with E-state index in [1.165, 1.54) is 64.2 Å². The predicted molar refractivity (Wildman–Crippen MR) is 95.5 cm³/mol. The number of rotatable bonds is 6. The van der Waals surface area contributed by atoms with Crippen molar-refractivity contribution < 1.29 is 18.5 Å². The minimum Gasteiger partial charge on any atom is -0.302 e. The maximum atomic E-state index is 11.9. The van der Waals surface area contributed by atoms with E-state index in [-0.39, 0.29) is 0 Å². The van der Waals surface area contributed by atoms with Crippen LogP contribution < -0.4 is 0 Å². The van der Waals surface area contributed by atoms with Crippen LogP contribution in [0.1, 0.15) is 96.8 Å². The molecule has 0 aromatic carbocycles. The molecule has 0 aromatic heterocycles. The summed E-state index contributed by atoms with van der Waals surface area (Å²) in [5, 5.41) is 0. The first-order chi connectivity index (χ1) is 11.1. The van der Waals surface area contributed by atoms with Gasteiger partial charge in [0, 0.05) is 0 Å². The standard InChI is InChI=1S/C18H37O4P/c1-2-3-4-8-11-14-18-15-12-9-6-5-7-10-13-16-21-23(19,20)22-17-18/h18H,2-17H2,1H3,(H,19,20). The van der Waals surface area contributed by atoms with Crippen molar-refractivity contribution >= 4 is 7.82 Å². The average molecular weight is 348 g/mol. The monoisotopic (exact) mass is 348 g/mol. The lowest BCUT2D eigenvalue weighted by atomic mass is 9.95. The van der Waals surface area contributed by atoms with Crippen LogP contribution in [-0.4, -0.2) is 18.1 Å². The van der Waals surface area contributed by atoms with Gasteiger partial charge in [-0.15, -0.1) is 0 Å². The highest BCUT2D eigenvalue weighted by Crippen LogP contribution is 2.44. The van der Waals surface area contributed by atoms with Crippen molar-refractivity contribution in [2.75, 3.05) is 13.2 Å². The van der Waals surface area contributed by atoms with Gasteiger partial charge in [-0.25, -0.2) is 4.57 Å². The summed E-state index contributed by atoms with van der Waals surface area (Å²) in [7, 11) is -3.85. The fourth-order valence-electron chi connectivity index (χ4n) is 3.18. The van der Waals surface area contributed by atoms with Gasteiger partial charge in [0.1, 0.15) is 0 Å². The molecule has 2 atom stereocenters. The molecular weight excluding hydrogens is 311 g/mol. The second-order valence-corrected chi connectivity index (χ2v) is 8.38. The Morgan fingerprint density at radius 2 is 1.57 bits per heavy atom. The summed E-state index contributed by atoms with van der Waals surface area (Å²) in [6, 6.07) is 0. The largest absolute Gasteiger partial charge is 0.472 e. The van der Waals surface area contributed by atoms with Gasteiger partial charge in [0.05, 0.1) is 13.2 Å². The Morgan fingerprint density at radius 1 is 0.913 bits per heavy atom. The first kappa shape index (κ1) is 21.2. The van der Waals surface area contributed by atoms with Gasteiger partial charge < -0.3 is 4.89 Å². The predicted octanol–water partition coefficient (Wildman–Crippen LogP) is 6.23. The fourth-order valence-corrected chi connectivity index (χ4v) is 4.02. The number of phosphoric ester groups is 1. The van der Waals surface area contributed by atoms with Gasteiger partial charge >= 0.3 is 7.82 Å². The molecule has 1 aliphatic rings. The topological polar surface area (TPSA) is 55.8 Å². The zero-order valence-electron chi connectivity index (χ0n) is 15.0. The summed E-state index contributed by atoms with van der Waals surface area (Å²) in [5.74, 6) is 0.392. The quantitative estimate of drug-likeness (QED) is 0.456. The highest BCUT2D eigenvalue weighted by Gasteiger charge is 2.23. The molecule has 4 nitrogen and oxygen atoms in total. The van der Waals surface area contributed by atoms with Crippen molar-refractivity contribution in [2.45, 2.75) is 96.8 Å². The van der Waals surface area contributed by atoms with E-state index >= 15 is 0 Å². The van der Waals surface area contributed by atoms with Crippen LogP contribution in [0.25, 0.3) is 0 Å². The summed E-state index contributed by atoms with van der Waals surface area (Å²) in [5.41, 5.74) is 0. The van der Waals surface area contributed by atoms with Crippen LogP contribution in [-0.2, 0) is 13.6 Å². The van der Waals surface area contributed by atoms with Crippen molar-refractivity contribution in [1.29, 1.82) is 0 Å². The second kappa shape index (κ2) is 13.4. The molecule has 0 radical (unpaired) electrons. The highest BCUT2D eigenvalue weighted by molar-refractivity contribution is 7.47. The van der Waals surface area contributed by atoms with Crippen molar-refractivity contribution in [3.8, 4) is 0 Å². The van der Waals surface area contributed by atoms with E-state index in [4.69, 9.17) is 9.05 Å². The maximum absolute atomic E-state index is 11.9. The van der Waals surface area contributed by atoms with Gasteiger partial charge in [-0.1, -0.05) is 77.6 Å². The molecular formula is C18H37O4P. The molecule has 138 valence electrons. The van der Waals surface area contributed by atoms with Crippen molar-refractivity contribution in [1.82, 2.24) is 0 Å². The Balaban J connectivity index is 2.37. The molecule has 1 heterocycles. The Hall–Kier alpha value is 0.110. The van der Waals surface area contributed by atoms with Gasteiger partial charge in [-0.05, 0) is 25.2 Å². The molecule has 2 unspecified atom stereocenters. The molecule has 1 saturated heterocycles. The van der Waals surface area contributed by atoms with Crippen LogP contribution in [0.3, 0.4) is 0 Å². The zero-order valence-corrected chi connectivity index (χ0v) is 15.9. The number of unbranched alkanes of at least 4 members (excludes halogenated alkanes) is 4. The van der Waals surface area contributed by atoms with Gasteiger partial charge in [-0.2, -0.15) is 0 Å². The molecule has 1 fully saturated rings. The van der Waals surface area contributed by atoms with Gasteiger partial charge in [0.15, 0.2) is 0 Å². The molecule has 1 N–H and O–H groups in total. The third-order valence-corrected chi connectivity index (χ3v) is 5.68. The SMILES string of the molecule is CCCCCCCC1CCCCCCCCCOP(=O)(O)OC1. The van der Waals surface area contributed by atoms with Crippen molar-refractivity contribution in [3.63, 3.8) is 0 Å². The normalized spacial score (nSPS) is 29.0. The second-order valence-electron chi connectivity index (χ2n) is 6.93. The number of hydrogen-bond donors (Lipinski definition) is 1. The molecule has 0 aliphatic carbocycles. The summed E-state index contributed by atoms with van der Waals surface area (Å²) in [6.45, 7) is 2.92. The molecule has 5 heteroatoms. The highest BCUT2D eigenvalue weighted by atomic mass is 31.2. The summed E-state index contributed by atoms with van der Waals surface area (Å²) < 4.78 is 22.2.